The van der Waals surface area contributed by atoms with E-state index in [0.29, 0.717) is 29.5 Å². The van der Waals surface area contributed by atoms with Crippen LogP contribution >= 0.6 is 0 Å². The van der Waals surface area contributed by atoms with Gasteiger partial charge < -0.3 is 9.26 Å². The van der Waals surface area contributed by atoms with Crippen LogP contribution in [-0.2, 0) is 4.74 Å². The molecule has 0 saturated carbocycles. The Hall–Kier alpha value is -2.36. The van der Waals surface area contributed by atoms with Crippen LogP contribution in [0, 0.1) is 12.8 Å². The fourth-order valence-corrected chi connectivity index (χ4v) is 2.68. The minimum Gasteiger partial charge on any atom is -0.462 e. The number of benzene rings is 1. The molecule has 1 aromatic heterocycles. The molecular formula is C18H19NO3. The number of ether oxygens (including phenoxy) is 1. The van der Waals surface area contributed by atoms with Gasteiger partial charge in [-0.3, -0.25) is 0 Å². The van der Waals surface area contributed by atoms with Crippen molar-refractivity contribution in [2.24, 2.45) is 5.92 Å². The van der Waals surface area contributed by atoms with Crippen LogP contribution in [-0.4, -0.2) is 17.7 Å². The summed E-state index contributed by atoms with van der Waals surface area (Å²) in [4.78, 5) is 12.4. The summed E-state index contributed by atoms with van der Waals surface area (Å²) in [6.45, 7) is 2.18. The molecule has 1 aromatic carbocycles. The van der Waals surface area contributed by atoms with E-state index in [1.165, 1.54) is 0 Å². The molecule has 0 fully saturated rings. The number of carbonyl (C=O) groups excluding carboxylic acids is 1. The second-order valence-corrected chi connectivity index (χ2v) is 5.58. The average molecular weight is 297 g/mol. The van der Waals surface area contributed by atoms with Gasteiger partial charge in [0, 0.05) is 5.56 Å². The van der Waals surface area contributed by atoms with E-state index in [4.69, 9.17) is 9.26 Å². The van der Waals surface area contributed by atoms with Crippen molar-refractivity contribution in [2.75, 3.05) is 6.61 Å². The second-order valence-electron chi connectivity index (χ2n) is 5.58. The summed E-state index contributed by atoms with van der Waals surface area (Å²) in [6, 6.07) is 9.54. The van der Waals surface area contributed by atoms with E-state index < -0.39 is 0 Å². The van der Waals surface area contributed by atoms with Crippen molar-refractivity contribution < 1.29 is 14.1 Å². The van der Waals surface area contributed by atoms with Crippen LogP contribution in [0.25, 0.3) is 11.3 Å². The topological polar surface area (TPSA) is 52.3 Å². The Morgan fingerprint density at radius 1 is 1.32 bits per heavy atom. The minimum atomic E-state index is -0.354. The monoisotopic (exact) mass is 297 g/mol. The zero-order valence-corrected chi connectivity index (χ0v) is 12.6. The first-order valence-corrected chi connectivity index (χ1v) is 7.59. The van der Waals surface area contributed by atoms with Gasteiger partial charge in [-0.2, -0.15) is 0 Å². The van der Waals surface area contributed by atoms with Gasteiger partial charge in [0.25, 0.3) is 0 Å². The molecule has 0 N–H and O–H groups in total. The van der Waals surface area contributed by atoms with Crippen molar-refractivity contribution >= 4 is 5.97 Å². The Morgan fingerprint density at radius 3 is 2.86 bits per heavy atom. The predicted molar refractivity (Wildman–Crippen MR) is 83.4 cm³/mol. The molecule has 0 amide bonds. The van der Waals surface area contributed by atoms with Gasteiger partial charge in [-0.25, -0.2) is 4.79 Å². The van der Waals surface area contributed by atoms with E-state index in [-0.39, 0.29) is 5.97 Å². The summed E-state index contributed by atoms with van der Waals surface area (Å²) in [5, 5.41) is 4.01. The molecule has 1 unspecified atom stereocenters. The fourth-order valence-electron chi connectivity index (χ4n) is 2.68. The highest BCUT2D eigenvalue weighted by molar-refractivity contribution is 5.97. The van der Waals surface area contributed by atoms with Crippen molar-refractivity contribution in [3.05, 3.63) is 53.8 Å². The lowest BCUT2D eigenvalue weighted by Crippen LogP contribution is -2.16. The van der Waals surface area contributed by atoms with Gasteiger partial charge in [0.15, 0.2) is 0 Å². The van der Waals surface area contributed by atoms with E-state index >= 15 is 0 Å². The van der Waals surface area contributed by atoms with Gasteiger partial charge in [0.1, 0.15) is 17.0 Å². The van der Waals surface area contributed by atoms with Gasteiger partial charge in [-0.1, -0.05) is 47.6 Å². The maximum atomic E-state index is 12.4. The largest absolute Gasteiger partial charge is 0.462 e. The molecule has 4 nitrogen and oxygen atoms in total. The van der Waals surface area contributed by atoms with E-state index in [1.54, 1.807) is 6.92 Å². The third-order valence-corrected chi connectivity index (χ3v) is 3.94. The molecule has 2 aromatic rings. The van der Waals surface area contributed by atoms with Gasteiger partial charge in [-0.05, 0) is 32.1 Å². The van der Waals surface area contributed by atoms with Crippen LogP contribution in [0.1, 0.15) is 35.4 Å². The number of hydrogen-bond donors (Lipinski definition) is 0. The highest BCUT2D eigenvalue weighted by Crippen LogP contribution is 2.26. The summed E-state index contributed by atoms with van der Waals surface area (Å²) in [6.07, 6.45) is 7.43. The van der Waals surface area contributed by atoms with Gasteiger partial charge in [0.05, 0.1) is 6.61 Å². The Labute approximate surface area is 129 Å². The number of carbonyl (C=O) groups is 1. The summed E-state index contributed by atoms with van der Waals surface area (Å²) in [7, 11) is 0. The lowest BCUT2D eigenvalue weighted by atomic mass is 9.95. The molecule has 1 atom stereocenters. The number of esters is 1. The maximum absolute atomic E-state index is 12.4. The lowest BCUT2D eigenvalue weighted by Gasteiger charge is -2.17. The van der Waals surface area contributed by atoms with Crippen LogP contribution in [0.3, 0.4) is 0 Å². The average Bonchev–Trinajstić information content (AvgIpc) is 2.96. The summed E-state index contributed by atoms with van der Waals surface area (Å²) >= 11 is 0. The van der Waals surface area contributed by atoms with Crippen LogP contribution < -0.4 is 0 Å². The molecule has 0 spiro atoms. The Bertz CT molecular complexity index is 673. The Kier molecular flexibility index (Phi) is 4.37. The van der Waals surface area contributed by atoms with Gasteiger partial charge >= 0.3 is 5.97 Å². The Balaban J connectivity index is 1.75. The Morgan fingerprint density at radius 2 is 2.14 bits per heavy atom. The molecule has 3 rings (SSSR count). The van der Waals surface area contributed by atoms with Crippen molar-refractivity contribution in [2.45, 2.75) is 26.2 Å². The zero-order chi connectivity index (χ0) is 15.4. The van der Waals surface area contributed by atoms with Gasteiger partial charge in [0.2, 0.25) is 0 Å². The fraction of sp³-hybridized carbons (Fsp3) is 0.333. The van der Waals surface area contributed by atoms with Crippen molar-refractivity contribution in [1.29, 1.82) is 0 Å². The first-order valence-electron chi connectivity index (χ1n) is 7.59. The zero-order valence-electron chi connectivity index (χ0n) is 12.6. The molecule has 1 aliphatic carbocycles. The molecule has 4 heteroatoms. The summed E-state index contributed by atoms with van der Waals surface area (Å²) < 4.78 is 10.7. The summed E-state index contributed by atoms with van der Waals surface area (Å²) in [5.74, 6) is 0.550. The van der Waals surface area contributed by atoms with Crippen molar-refractivity contribution in [1.82, 2.24) is 5.16 Å². The van der Waals surface area contributed by atoms with Crippen LogP contribution in [0.4, 0.5) is 0 Å². The number of hydrogen-bond acceptors (Lipinski definition) is 4. The molecule has 22 heavy (non-hydrogen) atoms. The van der Waals surface area contributed by atoms with Crippen LogP contribution in [0.5, 0.6) is 0 Å². The first-order chi connectivity index (χ1) is 10.8. The smallest absolute Gasteiger partial charge is 0.344 e. The van der Waals surface area contributed by atoms with Crippen LogP contribution in [0.2, 0.25) is 0 Å². The first kappa shape index (κ1) is 14.6. The molecule has 1 heterocycles. The quantitative estimate of drug-likeness (QED) is 0.628. The molecule has 0 saturated heterocycles. The number of aromatic nitrogens is 1. The SMILES string of the molecule is Cc1onc(-c2ccccc2)c1C(=O)OCC1CC=CCC1. The van der Waals surface area contributed by atoms with E-state index in [0.717, 1.165) is 24.8 Å². The molecule has 1 aliphatic rings. The van der Waals surface area contributed by atoms with Gasteiger partial charge in [-0.15, -0.1) is 0 Å². The van der Waals surface area contributed by atoms with E-state index in [9.17, 15) is 4.79 Å². The molecule has 0 aliphatic heterocycles. The molecule has 0 radical (unpaired) electrons. The number of nitrogens with zero attached hydrogens (tertiary/aromatic N) is 1. The number of allylic oxidation sites excluding steroid dienone is 2. The third kappa shape index (κ3) is 3.11. The normalized spacial score (nSPS) is 17.4. The maximum Gasteiger partial charge on any atom is 0.344 e. The highest BCUT2D eigenvalue weighted by atomic mass is 16.5. The molecule has 114 valence electrons. The molecule has 0 bridgehead atoms. The molecular weight excluding hydrogens is 278 g/mol. The van der Waals surface area contributed by atoms with Crippen LogP contribution in [0.15, 0.2) is 47.0 Å². The van der Waals surface area contributed by atoms with E-state index in [1.807, 2.05) is 30.3 Å². The minimum absolute atomic E-state index is 0.354. The predicted octanol–water partition coefficient (Wildman–Crippen LogP) is 4.16. The third-order valence-electron chi connectivity index (χ3n) is 3.94. The standard InChI is InChI=1S/C18H19NO3/c1-13-16(17(19-22-13)15-10-6-3-7-11-15)18(20)21-12-14-8-4-2-5-9-14/h2-4,6-7,10-11,14H,5,8-9,12H2,1H3. The van der Waals surface area contributed by atoms with Crippen molar-refractivity contribution in [3.8, 4) is 11.3 Å². The summed E-state index contributed by atoms with van der Waals surface area (Å²) in [5.41, 5.74) is 1.83. The highest BCUT2D eigenvalue weighted by Gasteiger charge is 2.23. The lowest BCUT2D eigenvalue weighted by molar-refractivity contribution is 0.0431. The number of aryl methyl sites for hydroxylation is 1. The van der Waals surface area contributed by atoms with Crippen molar-refractivity contribution in [3.63, 3.8) is 0 Å². The van der Waals surface area contributed by atoms with E-state index in [2.05, 4.69) is 17.3 Å². The number of rotatable bonds is 4. The second kappa shape index (κ2) is 6.60.